The SMILES string of the molecule is Cc1cc(F)c(Br)cc1NCC(F)F. The summed E-state index contributed by atoms with van der Waals surface area (Å²) >= 11 is 2.98. The van der Waals surface area contributed by atoms with Gasteiger partial charge in [0.2, 0.25) is 0 Å². The molecule has 0 atom stereocenters. The number of benzene rings is 1. The van der Waals surface area contributed by atoms with Crippen molar-refractivity contribution in [3.05, 3.63) is 28.0 Å². The highest BCUT2D eigenvalue weighted by molar-refractivity contribution is 9.10. The normalized spacial score (nSPS) is 10.7. The van der Waals surface area contributed by atoms with Crippen LogP contribution < -0.4 is 5.32 Å². The van der Waals surface area contributed by atoms with Crippen molar-refractivity contribution in [1.82, 2.24) is 0 Å². The van der Waals surface area contributed by atoms with Crippen LogP contribution in [0.15, 0.2) is 16.6 Å². The molecule has 0 unspecified atom stereocenters. The fourth-order valence-corrected chi connectivity index (χ4v) is 1.37. The van der Waals surface area contributed by atoms with Crippen LogP contribution in [0.4, 0.5) is 18.9 Å². The number of halogens is 4. The lowest BCUT2D eigenvalue weighted by Crippen LogP contribution is -2.11. The molecule has 1 aromatic carbocycles. The Balaban J connectivity index is 2.82. The zero-order chi connectivity index (χ0) is 10.7. The van der Waals surface area contributed by atoms with Crippen molar-refractivity contribution in [1.29, 1.82) is 0 Å². The van der Waals surface area contributed by atoms with E-state index in [2.05, 4.69) is 21.2 Å². The Morgan fingerprint density at radius 1 is 1.43 bits per heavy atom. The van der Waals surface area contributed by atoms with E-state index in [-0.39, 0.29) is 4.47 Å². The lowest BCUT2D eigenvalue weighted by molar-refractivity contribution is 0.163. The fraction of sp³-hybridized carbons (Fsp3) is 0.333. The van der Waals surface area contributed by atoms with Gasteiger partial charge in [-0.15, -0.1) is 0 Å². The predicted molar refractivity (Wildman–Crippen MR) is 53.3 cm³/mol. The van der Waals surface area contributed by atoms with Crippen LogP contribution in [-0.4, -0.2) is 13.0 Å². The van der Waals surface area contributed by atoms with Gasteiger partial charge in [0.05, 0.1) is 11.0 Å². The Kier molecular flexibility index (Phi) is 3.80. The summed E-state index contributed by atoms with van der Waals surface area (Å²) in [5, 5.41) is 2.53. The second-order valence-corrected chi connectivity index (χ2v) is 3.71. The third-order valence-corrected chi connectivity index (χ3v) is 2.32. The number of rotatable bonds is 3. The maximum absolute atomic E-state index is 12.9. The summed E-state index contributed by atoms with van der Waals surface area (Å²) in [6, 6.07) is 2.74. The molecule has 0 amide bonds. The van der Waals surface area contributed by atoms with E-state index in [4.69, 9.17) is 0 Å². The molecule has 0 radical (unpaired) electrons. The van der Waals surface area contributed by atoms with E-state index in [0.717, 1.165) is 0 Å². The molecule has 0 saturated heterocycles. The van der Waals surface area contributed by atoms with Crippen LogP contribution in [0.3, 0.4) is 0 Å². The van der Waals surface area contributed by atoms with E-state index in [1.807, 2.05) is 0 Å². The second kappa shape index (κ2) is 4.68. The average Bonchev–Trinajstić information content (AvgIpc) is 2.09. The average molecular weight is 268 g/mol. The number of hydrogen-bond acceptors (Lipinski definition) is 1. The van der Waals surface area contributed by atoms with Crippen molar-refractivity contribution >= 4 is 21.6 Å². The van der Waals surface area contributed by atoms with Gasteiger partial charge in [0.1, 0.15) is 5.82 Å². The molecule has 0 aliphatic carbocycles. The summed E-state index contributed by atoms with van der Waals surface area (Å²) in [4.78, 5) is 0. The number of aryl methyl sites for hydroxylation is 1. The fourth-order valence-electron chi connectivity index (χ4n) is 1.02. The smallest absolute Gasteiger partial charge is 0.255 e. The van der Waals surface area contributed by atoms with Gasteiger partial charge < -0.3 is 5.32 Å². The molecule has 5 heteroatoms. The van der Waals surface area contributed by atoms with E-state index in [0.29, 0.717) is 11.3 Å². The highest BCUT2D eigenvalue weighted by atomic mass is 79.9. The van der Waals surface area contributed by atoms with E-state index < -0.39 is 18.8 Å². The van der Waals surface area contributed by atoms with Crippen molar-refractivity contribution in [2.24, 2.45) is 0 Å². The lowest BCUT2D eigenvalue weighted by atomic mass is 10.2. The topological polar surface area (TPSA) is 12.0 Å². The molecule has 0 bridgehead atoms. The number of anilines is 1. The third-order valence-electron chi connectivity index (χ3n) is 1.71. The highest BCUT2D eigenvalue weighted by Gasteiger charge is 2.07. The minimum atomic E-state index is -2.42. The van der Waals surface area contributed by atoms with Crippen LogP contribution in [-0.2, 0) is 0 Å². The van der Waals surface area contributed by atoms with E-state index in [1.165, 1.54) is 12.1 Å². The summed E-state index contributed by atoms with van der Waals surface area (Å²) in [5.74, 6) is -0.398. The number of hydrogen-bond donors (Lipinski definition) is 1. The van der Waals surface area contributed by atoms with Gasteiger partial charge in [0.25, 0.3) is 6.43 Å². The van der Waals surface area contributed by atoms with E-state index in [9.17, 15) is 13.2 Å². The molecule has 0 aromatic heterocycles. The zero-order valence-corrected chi connectivity index (χ0v) is 9.04. The van der Waals surface area contributed by atoms with Gasteiger partial charge in [0, 0.05) is 5.69 Å². The van der Waals surface area contributed by atoms with Gasteiger partial charge in [-0.3, -0.25) is 0 Å². The minimum absolute atomic E-state index is 0.264. The first kappa shape index (κ1) is 11.4. The predicted octanol–water partition coefficient (Wildman–Crippen LogP) is 3.57. The molecule has 0 spiro atoms. The standard InChI is InChI=1S/C9H9BrF3N/c1-5-2-7(11)6(10)3-8(5)14-4-9(12)13/h2-3,9,14H,4H2,1H3. The quantitative estimate of drug-likeness (QED) is 0.883. The third kappa shape index (κ3) is 2.90. The van der Waals surface area contributed by atoms with Crippen LogP contribution in [0.5, 0.6) is 0 Å². The van der Waals surface area contributed by atoms with Crippen molar-refractivity contribution in [2.45, 2.75) is 13.3 Å². The minimum Gasteiger partial charge on any atom is -0.379 e. The molecule has 0 heterocycles. The Labute approximate surface area is 88.4 Å². The molecule has 1 N–H and O–H groups in total. The van der Waals surface area contributed by atoms with Crippen molar-refractivity contribution in [3.8, 4) is 0 Å². The zero-order valence-electron chi connectivity index (χ0n) is 7.45. The Bertz CT molecular complexity index is 328. The molecular weight excluding hydrogens is 259 g/mol. The van der Waals surface area contributed by atoms with Gasteiger partial charge in [-0.05, 0) is 40.5 Å². The van der Waals surface area contributed by atoms with Crippen LogP contribution in [0.2, 0.25) is 0 Å². The first-order chi connectivity index (χ1) is 6.50. The molecule has 14 heavy (non-hydrogen) atoms. The number of nitrogens with one attached hydrogen (secondary N) is 1. The summed E-state index contributed by atoms with van der Waals surface area (Å²) in [6.07, 6.45) is -2.42. The van der Waals surface area contributed by atoms with Gasteiger partial charge in [-0.2, -0.15) is 0 Å². The molecule has 1 nitrogen and oxygen atoms in total. The highest BCUT2D eigenvalue weighted by Crippen LogP contribution is 2.24. The summed E-state index contributed by atoms with van der Waals surface area (Å²) in [7, 11) is 0. The van der Waals surface area contributed by atoms with E-state index >= 15 is 0 Å². The van der Waals surface area contributed by atoms with E-state index in [1.54, 1.807) is 6.92 Å². The molecule has 0 saturated carbocycles. The number of alkyl halides is 2. The van der Waals surface area contributed by atoms with Crippen LogP contribution in [0, 0.1) is 12.7 Å². The van der Waals surface area contributed by atoms with Gasteiger partial charge in [-0.25, -0.2) is 13.2 Å². The van der Waals surface area contributed by atoms with Crippen molar-refractivity contribution in [3.63, 3.8) is 0 Å². The molecule has 0 aliphatic rings. The summed E-state index contributed by atoms with van der Waals surface area (Å²) in [5.41, 5.74) is 1.12. The van der Waals surface area contributed by atoms with Crippen LogP contribution in [0.1, 0.15) is 5.56 Å². The van der Waals surface area contributed by atoms with Crippen LogP contribution in [0.25, 0.3) is 0 Å². The molecule has 0 fully saturated rings. The first-order valence-electron chi connectivity index (χ1n) is 3.98. The second-order valence-electron chi connectivity index (χ2n) is 2.85. The molecule has 1 rings (SSSR count). The molecule has 78 valence electrons. The van der Waals surface area contributed by atoms with Gasteiger partial charge in [-0.1, -0.05) is 0 Å². The lowest BCUT2D eigenvalue weighted by Gasteiger charge is -2.09. The van der Waals surface area contributed by atoms with Gasteiger partial charge in [0.15, 0.2) is 0 Å². The monoisotopic (exact) mass is 267 g/mol. The van der Waals surface area contributed by atoms with Crippen molar-refractivity contribution < 1.29 is 13.2 Å². The Hall–Kier alpha value is -0.710. The van der Waals surface area contributed by atoms with Crippen molar-refractivity contribution in [2.75, 3.05) is 11.9 Å². The summed E-state index contributed by atoms with van der Waals surface area (Å²) < 4.78 is 37.0. The Morgan fingerprint density at radius 3 is 2.64 bits per heavy atom. The maximum atomic E-state index is 12.9. The molecule has 1 aromatic rings. The van der Waals surface area contributed by atoms with Gasteiger partial charge >= 0.3 is 0 Å². The summed E-state index contributed by atoms with van der Waals surface area (Å²) in [6.45, 7) is 1.22. The first-order valence-corrected chi connectivity index (χ1v) is 4.77. The maximum Gasteiger partial charge on any atom is 0.255 e. The van der Waals surface area contributed by atoms with Crippen LogP contribution >= 0.6 is 15.9 Å². The molecule has 0 aliphatic heterocycles. The Morgan fingerprint density at radius 2 is 2.07 bits per heavy atom. The largest absolute Gasteiger partial charge is 0.379 e. The molecular formula is C9H9BrF3N.